The van der Waals surface area contributed by atoms with Gasteiger partial charge in [0.05, 0.1) is 5.60 Å². The second-order valence-electron chi connectivity index (χ2n) is 6.90. The molecule has 1 atom stereocenters. The Balaban J connectivity index is 1.80. The van der Waals surface area contributed by atoms with Gasteiger partial charge in [0.2, 0.25) is 0 Å². The average Bonchev–Trinajstić information content (AvgIpc) is 3.04. The van der Waals surface area contributed by atoms with Gasteiger partial charge in [0, 0.05) is 46.4 Å². The molecule has 1 aromatic rings. The highest BCUT2D eigenvalue weighted by Gasteiger charge is 2.29. The quantitative estimate of drug-likeness (QED) is 0.607. The number of hydrogen-bond acceptors (Lipinski definition) is 3. The molecule has 1 heterocycles. The number of aliphatic imine (C=N–C) groups is 1. The summed E-state index contributed by atoms with van der Waals surface area (Å²) >= 11 is 0. The Morgan fingerprint density at radius 3 is 2.80 bits per heavy atom. The molecule has 1 amide bonds. The van der Waals surface area contributed by atoms with Crippen molar-refractivity contribution in [3.8, 4) is 0 Å². The standard InChI is InChI=1S/C19H30N4O2/c1-19(10-6-12-25-19)14-22-18(20-2)21-11-9-15-7-5-8-16(13-15)17(24)23(3)4/h5,7-8,13H,6,9-12,14H2,1-4H3,(H2,20,21,22). The molecule has 0 spiro atoms. The molecular weight excluding hydrogens is 316 g/mol. The van der Waals surface area contributed by atoms with Gasteiger partial charge in [-0.3, -0.25) is 9.79 Å². The molecule has 0 radical (unpaired) electrons. The average molecular weight is 346 g/mol. The molecule has 0 saturated carbocycles. The Kier molecular flexibility index (Phi) is 6.82. The van der Waals surface area contributed by atoms with Crippen molar-refractivity contribution in [2.24, 2.45) is 4.99 Å². The molecule has 1 unspecified atom stereocenters. The molecule has 1 aliphatic heterocycles. The molecule has 0 aromatic heterocycles. The number of benzene rings is 1. The molecule has 0 aliphatic carbocycles. The second kappa shape index (κ2) is 8.85. The first-order chi connectivity index (χ1) is 11.9. The highest BCUT2D eigenvalue weighted by molar-refractivity contribution is 5.94. The van der Waals surface area contributed by atoms with Crippen LogP contribution in [0.3, 0.4) is 0 Å². The van der Waals surface area contributed by atoms with Crippen LogP contribution in [-0.2, 0) is 11.2 Å². The van der Waals surface area contributed by atoms with Gasteiger partial charge in [0.15, 0.2) is 5.96 Å². The summed E-state index contributed by atoms with van der Waals surface area (Å²) in [6.45, 7) is 4.47. The number of carbonyl (C=O) groups is 1. The third-order valence-electron chi connectivity index (χ3n) is 4.44. The number of hydrogen-bond donors (Lipinski definition) is 2. The summed E-state index contributed by atoms with van der Waals surface area (Å²) in [6.07, 6.45) is 3.01. The van der Waals surface area contributed by atoms with Crippen molar-refractivity contribution in [1.82, 2.24) is 15.5 Å². The monoisotopic (exact) mass is 346 g/mol. The fourth-order valence-electron chi connectivity index (χ4n) is 2.91. The van der Waals surface area contributed by atoms with Crippen molar-refractivity contribution in [2.45, 2.75) is 31.8 Å². The van der Waals surface area contributed by atoms with E-state index >= 15 is 0 Å². The first-order valence-electron chi connectivity index (χ1n) is 8.82. The maximum absolute atomic E-state index is 12.0. The minimum atomic E-state index is -0.0987. The van der Waals surface area contributed by atoms with Crippen LogP contribution in [0.1, 0.15) is 35.7 Å². The van der Waals surface area contributed by atoms with Crippen LogP contribution in [0.2, 0.25) is 0 Å². The Morgan fingerprint density at radius 2 is 2.16 bits per heavy atom. The lowest BCUT2D eigenvalue weighted by molar-refractivity contribution is 0.0243. The minimum Gasteiger partial charge on any atom is -0.373 e. The number of amides is 1. The molecule has 2 rings (SSSR count). The summed E-state index contributed by atoms with van der Waals surface area (Å²) in [4.78, 5) is 17.9. The zero-order valence-corrected chi connectivity index (χ0v) is 15.8. The Hall–Kier alpha value is -2.08. The van der Waals surface area contributed by atoms with Crippen LogP contribution in [0.5, 0.6) is 0 Å². The number of ether oxygens (including phenoxy) is 1. The Bertz CT molecular complexity index is 607. The van der Waals surface area contributed by atoms with E-state index in [0.717, 1.165) is 56.0 Å². The first-order valence-corrected chi connectivity index (χ1v) is 8.82. The van der Waals surface area contributed by atoms with Crippen molar-refractivity contribution in [3.05, 3.63) is 35.4 Å². The molecule has 25 heavy (non-hydrogen) atoms. The third-order valence-corrected chi connectivity index (χ3v) is 4.44. The van der Waals surface area contributed by atoms with Crippen LogP contribution < -0.4 is 10.6 Å². The number of rotatable bonds is 6. The van der Waals surface area contributed by atoms with Gasteiger partial charge >= 0.3 is 0 Å². The lowest BCUT2D eigenvalue weighted by Gasteiger charge is -2.24. The molecule has 1 fully saturated rings. The largest absolute Gasteiger partial charge is 0.373 e. The van der Waals surface area contributed by atoms with Gasteiger partial charge in [-0.15, -0.1) is 0 Å². The summed E-state index contributed by atoms with van der Waals surface area (Å²) in [5.41, 5.74) is 1.75. The van der Waals surface area contributed by atoms with Crippen LogP contribution in [0.25, 0.3) is 0 Å². The SMILES string of the molecule is CN=C(NCCc1cccc(C(=O)N(C)C)c1)NCC1(C)CCCO1. The van der Waals surface area contributed by atoms with Gasteiger partial charge in [-0.1, -0.05) is 12.1 Å². The molecule has 138 valence electrons. The van der Waals surface area contributed by atoms with Crippen molar-refractivity contribution in [3.63, 3.8) is 0 Å². The zero-order chi connectivity index (χ0) is 18.3. The second-order valence-corrected chi connectivity index (χ2v) is 6.90. The smallest absolute Gasteiger partial charge is 0.253 e. The fraction of sp³-hybridized carbons (Fsp3) is 0.579. The number of nitrogens with zero attached hydrogens (tertiary/aromatic N) is 2. The van der Waals surface area contributed by atoms with E-state index in [4.69, 9.17) is 4.74 Å². The van der Waals surface area contributed by atoms with Crippen molar-refractivity contribution in [1.29, 1.82) is 0 Å². The van der Waals surface area contributed by atoms with Crippen LogP contribution in [0, 0.1) is 0 Å². The van der Waals surface area contributed by atoms with E-state index in [1.54, 1.807) is 26.0 Å². The number of guanidine groups is 1. The lowest BCUT2D eigenvalue weighted by atomic mass is 10.0. The highest BCUT2D eigenvalue weighted by Crippen LogP contribution is 2.23. The number of carbonyl (C=O) groups excluding carboxylic acids is 1. The topological polar surface area (TPSA) is 66.0 Å². The van der Waals surface area contributed by atoms with Gasteiger partial charge in [-0.05, 0) is 43.9 Å². The highest BCUT2D eigenvalue weighted by atomic mass is 16.5. The molecule has 6 nitrogen and oxygen atoms in total. The Morgan fingerprint density at radius 1 is 1.36 bits per heavy atom. The molecule has 1 aromatic carbocycles. The van der Waals surface area contributed by atoms with Gasteiger partial charge in [-0.2, -0.15) is 0 Å². The van der Waals surface area contributed by atoms with Crippen LogP contribution in [0.15, 0.2) is 29.3 Å². The fourth-order valence-corrected chi connectivity index (χ4v) is 2.91. The van der Waals surface area contributed by atoms with Crippen molar-refractivity contribution in [2.75, 3.05) is 40.8 Å². The van der Waals surface area contributed by atoms with Crippen molar-refractivity contribution >= 4 is 11.9 Å². The van der Waals surface area contributed by atoms with Gasteiger partial charge in [-0.25, -0.2) is 0 Å². The minimum absolute atomic E-state index is 0.0251. The van der Waals surface area contributed by atoms with E-state index in [-0.39, 0.29) is 11.5 Å². The van der Waals surface area contributed by atoms with Crippen molar-refractivity contribution < 1.29 is 9.53 Å². The molecule has 1 aliphatic rings. The molecule has 6 heteroatoms. The summed E-state index contributed by atoms with van der Waals surface area (Å²) in [5.74, 6) is 0.800. The van der Waals surface area contributed by atoms with Gasteiger partial charge in [0.1, 0.15) is 0 Å². The maximum atomic E-state index is 12.0. The molecule has 0 bridgehead atoms. The predicted octanol–water partition coefficient (Wildman–Crippen LogP) is 1.66. The maximum Gasteiger partial charge on any atom is 0.253 e. The Labute approximate surface area is 150 Å². The summed E-state index contributed by atoms with van der Waals surface area (Å²) in [6, 6.07) is 7.77. The van der Waals surface area contributed by atoms with E-state index in [9.17, 15) is 4.79 Å². The van der Waals surface area contributed by atoms with Gasteiger partial charge in [0.25, 0.3) is 5.91 Å². The van der Waals surface area contributed by atoms with E-state index in [1.807, 2.05) is 24.3 Å². The summed E-state index contributed by atoms with van der Waals surface area (Å²) < 4.78 is 5.78. The zero-order valence-electron chi connectivity index (χ0n) is 15.8. The number of nitrogens with one attached hydrogen (secondary N) is 2. The van der Waals surface area contributed by atoms with E-state index in [2.05, 4.69) is 22.5 Å². The van der Waals surface area contributed by atoms with E-state index in [1.165, 1.54) is 0 Å². The lowest BCUT2D eigenvalue weighted by Crippen LogP contribution is -2.45. The summed E-state index contributed by atoms with van der Waals surface area (Å²) in [5, 5.41) is 6.65. The third kappa shape index (κ3) is 5.74. The molecular formula is C19H30N4O2. The van der Waals surface area contributed by atoms with Crippen LogP contribution in [-0.4, -0.2) is 63.2 Å². The van der Waals surface area contributed by atoms with E-state index in [0.29, 0.717) is 0 Å². The van der Waals surface area contributed by atoms with E-state index < -0.39 is 0 Å². The molecule has 2 N–H and O–H groups in total. The van der Waals surface area contributed by atoms with Crippen LogP contribution in [0.4, 0.5) is 0 Å². The van der Waals surface area contributed by atoms with Gasteiger partial charge < -0.3 is 20.3 Å². The summed E-state index contributed by atoms with van der Waals surface area (Å²) in [7, 11) is 5.30. The predicted molar refractivity (Wildman–Crippen MR) is 101 cm³/mol. The normalized spacial score (nSPS) is 20.4. The van der Waals surface area contributed by atoms with Crippen LogP contribution >= 0.6 is 0 Å². The molecule has 1 saturated heterocycles. The first kappa shape index (κ1) is 19.2.